The maximum absolute atomic E-state index is 13.1. The van der Waals surface area contributed by atoms with Gasteiger partial charge < -0.3 is 9.73 Å². The summed E-state index contributed by atoms with van der Waals surface area (Å²) in [7, 11) is 0. The molecular weight excluding hydrogens is 423 g/mol. The molecule has 1 N–H and O–H groups in total. The standard InChI is InChI=1S/C23H22F3N3O3/c1-12-8-18(29(28-12)15-7-5-6-14(9-15)23(24,25)26)27-21(31)20-13(2)19-16(30)10-22(3,4)11-17(19)32-20/h5-9H,10-11H2,1-4H3,(H,27,31). The van der Waals surface area contributed by atoms with E-state index in [0.29, 0.717) is 35.4 Å². The zero-order valence-electron chi connectivity index (χ0n) is 18.1. The van der Waals surface area contributed by atoms with E-state index in [-0.39, 0.29) is 28.5 Å². The summed E-state index contributed by atoms with van der Waals surface area (Å²) in [6.45, 7) is 7.24. The average Bonchev–Trinajstić information content (AvgIpc) is 3.19. The molecule has 0 bridgehead atoms. The lowest BCUT2D eigenvalue weighted by Gasteiger charge is -2.27. The molecule has 1 aliphatic rings. The number of hydrogen-bond acceptors (Lipinski definition) is 4. The quantitative estimate of drug-likeness (QED) is 0.577. The van der Waals surface area contributed by atoms with Crippen LogP contribution in [0.4, 0.5) is 19.0 Å². The van der Waals surface area contributed by atoms with Crippen molar-refractivity contribution in [3.63, 3.8) is 0 Å². The average molecular weight is 445 g/mol. The van der Waals surface area contributed by atoms with Crippen LogP contribution in [0.3, 0.4) is 0 Å². The molecule has 0 unspecified atom stereocenters. The molecule has 168 valence electrons. The summed E-state index contributed by atoms with van der Waals surface area (Å²) in [5.74, 6) is 0.0104. The molecule has 2 heterocycles. The Bertz CT molecular complexity index is 1240. The van der Waals surface area contributed by atoms with Gasteiger partial charge in [0.15, 0.2) is 11.5 Å². The number of amides is 1. The fourth-order valence-corrected chi connectivity index (χ4v) is 4.07. The Balaban J connectivity index is 1.68. The van der Waals surface area contributed by atoms with Gasteiger partial charge in [0.05, 0.1) is 22.5 Å². The van der Waals surface area contributed by atoms with Crippen LogP contribution in [-0.4, -0.2) is 21.5 Å². The Kier molecular flexibility index (Phi) is 5.02. The van der Waals surface area contributed by atoms with Gasteiger partial charge in [0.2, 0.25) is 0 Å². The molecule has 3 aromatic rings. The van der Waals surface area contributed by atoms with Gasteiger partial charge in [-0.25, -0.2) is 4.68 Å². The summed E-state index contributed by atoms with van der Waals surface area (Å²) in [6, 6.07) is 6.21. The molecule has 1 amide bonds. The van der Waals surface area contributed by atoms with Crippen molar-refractivity contribution < 1.29 is 27.2 Å². The smallest absolute Gasteiger partial charge is 0.416 e. The number of furan rings is 1. The monoisotopic (exact) mass is 445 g/mol. The first-order valence-electron chi connectivity index (χ1n) is 10.1. The topological polar surface area (TPSA) is 77.1 Å². The number of nitrogens with one attached hydrogen (secondary N) is 1. The first-order chi connectivity index (χ1) is 14.9. The predicted molar refractivity (Wildman–Crippen MR) is 111 cm³/mol. The number of carbonyl (C=O) groups is 2. The molecule has 1 aromatic carbocycles. The lowest BCUT2D eigenvalue weighted by atomic mass is 9.76. The van der Waals surface area contributed by atoms with Gasteiger partial charge in [0, 0.05) is 24.5 Å². The van der Waals surface area contributed by atoms with Crippen molar-refractivity contribution in [1.29, 1.82) is 0 Å². The summed E-state index contributed by atoms with van der Waals surface area (Å²) in [5, 5.41) is 6.88. The first kappa shape index (κ1) is 21.9. The van der Waals surface area contributed by atoms with Crippen LogP contribution in [-0.2, 0) is 12.6 Å². The van der Waals surface area contributed by atoms with Gasteiger partial charge in [-0.1, -0.05) is 19.9 Å². The predicted octanol–water partition coefficient (Wildman–Crippen LogP) is 5.51. The van der Waals surface area contributed by atoms with Gasteiger partial charge in [-0.3, -0.25) is 9.59 Å². The number of aryl methyl sites for hydroxylation is 1. The number of alkyl halides is 3. The Hall–Kier alpha value is -3.36. The molecule has 6 nitrogen and oxygen atoms in total. The van der Waals surface area contributed by atoms with Crippen molar-refractivity contribution in [3.8, 4) is 5.69 Å². The van der Waals surface area contributed by atoms with E-state index in [1.54, 1.807) is 19.9 Å². The summed E-state index contributed by atoms with van der Waals surface area (Å²) in [6.07, 6.45) is -3.61. The molecule has 0 saturated carbocycles. The third kappa shape index (κ3) is 3.94. The number of ketones is 1. The highest BCUT2D eigenvalue weighted by molar-refractivity contribution is 6.07. The minimum Gasteiger partial charge on any atom is -0.455 e. The minimum absolute atomic E-state index is 0.00972. The van der Waals surface area contributed by atoms with Gasteiger partial charge in [0.1, 0.15) is 11.6 Å². The summed E-state index contributed by atoms with van der Waals surface area (Å²) >= 11 is 0. The fraction of sp³-hybridized carbons (Fsp3) is 0.348. The van der Waals surface area contributed by atoms with Crippen LogP contribution < -0.4 is 5.32 Å². The molecule has 1 aliphatic carbocycles. The maximum atomic E-state index is 13.1. The largest absolute Gasteiger partial charge is 0.455 e. The van der Waals surface area contributed by atoms with Gasteiger partial charge >= 0.3 is 6.18 Å². The van der Waals surface area contributed by atoms with Crippen molar-refractivity contribution in [2.45, 2.75) is 46.7 Å². The third-order valence-corrected chi connectivity index (χ3v) is 5.47. The Morgan fingerprint density at radius 1 is 1.19 bits per heavy atom. The van der Waals surface area contributed by atoms with Gasteiger partial charge in [-0.2, -0.15) is 18.3 Å². The number of hydrogen-bond donors (Lipinski definition) is 1. The van der Waals surface area contributed by atoms with Crippen molar-refractivity contribution in [2.24, 2.45) is 5.41 Å². The van der Waals surface area contributed by atoms with Gasteiger partial charge in [-0.05, 0) is 37.5 Å². The molecular formula is C23H22F3N3O3. The lowest BCUT2D eigenvalue weighted by molar-refractivity contribution is -0.137. The number of halogens is 3. The van der Waals surface area contributed by atoms with Crippen LogP contribution in [0.2, 0.25) is 0 Å². The number of carbonyl (C=O) groups excluding carboxylic acids is 2. The number of Topliss-reactive ketones (excluding diaryl/α,β-unsaturated/α-hetero) is 1. The highest BCUT2D eigenvalue weighted by Crippen LogP contribution is 2.38. The Morgan fingerprint density at radius 3 is 2.59 bits per heavy atom. The first-order valence-corrected chi connectivity index (χ1v) is 10.1. The van der Waals surface area contributed by atoms with Crippen LogP contribution in [0, 0.1) is 19.3 Å². The van der Waals surface area contributed by atoms with Crippen LogP contribution in [0.5, 0.6) is 0 Å². The fourth-order valence-electron chi connectivity index (χ4n) is 4.07. The third-order valence-electron chi connectivity index (χ3n) is 5.47. The van der Waals surface area contributed by atoms with E-state index in [1.807, 2.05) is 13.8 Å². The zero-order valence-corrected chi connectivity index (χ0v) is 18.1. The van der Waals surface area contributed by atoms with Crippen LogP contribution >= 0.6 is 0 Å². The van der Waals surface area contributed by atoms with Crippen LogP contribution in [0.1, 0.15) is 63.8 Å². The van der Waals surface area contributed by atoms with Crippen molar-refractivity contribution in [3.05, 3.63) is 64.2 Å². The highest BCUT2D eigenvalue weighted by Gasteiger charge is 2.37. The summed E-state index contributed by atoms with van der Waals surface area (Å²) in [5.41, 5.74) is 0.468. The summed E-state index contributed by atoms with van der Waals surface area (Å²) in [4.78, 5) is 25.6. The van der Waals surface area contributed by atoms with Gasteiger partial charge in [-0.15, -0.1) is 0 Å². The minimum atomic E-state index is -4.51. The van der Waals surface area contributed by atoms with E-state index in [0.717, 1.165) is 12.1 Å². The molecule has 0 aliphatic heterocycles. The van der Waals surface area contributed by atoms with E-state index in [1.165, 1.54) is 16.8 Å². The van der Waals surface area contributed by atoms with E-state index in [4.69, 9.17) is 4.42 Å². The number of nitrogens with zero attached hydrogens (tertiary/aromatic N) is 2. The SMILES string of the molecule is Cc1cc(NC(=O)c2oc3c(c2C)C(=O)CC(C)(C)C3)n(-c2cccc(C(F)(F)F)c2)n1. The zero-order chi connectivity index (χ0) is 23.4. The second-order valence-electron chi connectivity index (χ2n) is 8.88. The van der Waals surface area contributed by atoms with E-state index >= 15 is 0 Å². The lowest BCUT2D eigenvalue weighted by Crippen LogP contribution is -2.26. The second-order valence-corrected chi connectivity index (χ2v) is 8.88. The van der Waals surface area contributed by atoms with E-state index in [9.17, 15) is 22.8 Å². The molecule has 2 aromatic heterocycles. The molecule has 4 rings (SSSR count). The van der Waals surface area contributed by atoms with Crippen molar-refractivity contribution in [1.82, 2.24) is 9.78 Å². The Morgan fingerprint density at radius 2 is 1.91 bits per heavy atom. The number of fused-ring (bicyclic) bond motifs is 1. The number of rotatable bonds is 3. The van der Waals surface area contributed by atoms with Crippen molar-refractivity contribution in [2.75, 3.05) is 5.32 Å². The maximum Gasteiger partial charge on any atom is 0.416 e. The van der Waals surface area contributed by atoms with Crippen LogP contribution in [0.15, 0.2) is 34.7 Å². The normalized spacial score (nSPS) is 15.5. The second kappa shape index (κ2) is 7.36. The molecule has 0 spiro atoms. The molecule has 0 saturated heterocycles. The van der Waals surface area contributed by atoms with E-state index in [2.05, 4.69) is 10.4 Å². The van der Waals surface area contributed by atoms with E-state index < -0.39 is 17.6 Å². The number of aromatic nitrogens is 2. The molecule has 32 heavy (non-hydrogen) atoms. The number of benzene rings is 1. The summed E-state index contributed by atoms with van der Waals surface area (Å²) < 4.78 is 46.4. The molecule has 9 heteroatoms. The molecule has 0 fully saturated rings. The number of anilines is 1. The molecule has 0 atom stereocenters. The van der Waals surface area contributed by atoms with Gasteiger partial charge in [0.25, 0.3) is 5.91 Å². The van der Waals surface area contributed by atoms with Crippen LogP contribution in [0.25, 0.3) is 5.69 Å². The Labute approximate surface area is 182 Å². The van der Waals surface area contributed by atoms with Crippen molar-refractivity contribution >= 4 is 17.5 Å². The molecule has 0 radical (unpaired) electrons. The highest BCUT2D eigenvalue weighted by atomic mass is 19.4.